The molecule has 0 saturated heterocycles. The molecule has 0 radical (unpaired) electrons. The number of rotatable bonds is 5. The van der Waals surface area contributed by atoms with Crippen molar-refractivity contribution in [3.63, 3.8) is 0 Å². The largest absolute Gasteiger partial charge is 0.573 e. The standard InChI is InChI=1S/C12H16F3NO2/c1-11(2,16)8-17-7-9-3-5-10(6-4-9)18-12(13,14)15/h3-6H,7-8,16H2,1-2H3. The fourth-order valence-corrected chi connectivity index (χ4v) is 1.22. The van der Waals surface area contributed by atoms with Crippen molar-refractivity contribution in [2.24, 2.45) is 5.73 Å². The van der Waals surface area contributed by atoms with Gasteiger partial charge in [0.15, 0.2) is 0 Å². The van der Waals surface area contributed by atoms with E-state index in [0.717, 1.165) is 5.56 Å². The summed E-state index contributed by atoms with van der Waals surface area (Å²) in [6, 6.07) is 5.54. The molecule has 1 aromatic rings. The van der Waals surface area contributed by atoms with E-state index in [2.05, 4.69) is 4.74 Å². The SMILES string of the molecule is CC(C)(N)COCc1ccc(OC(F)(F)F)cc1. The van der Waals surface area contributed by atoms with Crippen molar-refractivity contribution in [3.05, 3.63) is 29.8 Å². The summed E-state index contributed by atoms with van der Waals surface area (Å²) in [5.74, 6) is -0.245. The maximum absolute atomic E-state index is 11.9. The Morgan fingerprint density at radius 2 is 1.67 bits per heavy atom. The van der Waals surface area contributed by atoms with Crippen LogP contribution >= 0.6 is 0 Å². The van der Waals surface area contributed by atoms with Gasteiger partial charge in [-0.25, -0.2) is 0 Å². The summed E-state index contributed by atoms with van der Waals surface area (Å²) >= 11 is 0. The minimum absolute atomic E-state index is 0.245. The number of halogens is 3. The van der Waals surface area contributed by atoms with Crippen LogP contribution in [0.15, 0.2) is 24.3 Å². The molecule has 2 N–H and O–H groups in total. The molecule has 3 nitrogen and oxygen atoms in total. The predicted molar refractivity (Wildman–Crippen MR) is 61.0 cm³/mol. The average Bonchev–Trinajstić information content (AvgIpc) is 2.16. The first-order valence-electron chi connectivity index (χ1n) is 5.37. The van der Waals surface area contributed by atoms with Crippen LogP contribution in [0.1, 0.15) is 19.4 Å². The monoisotopic (exact) mass is 263 g/mol. The molecule has 102 valence electrons. The third kappa shape index (κ3) is 6.46. The van der Waals surface area contributed by atoms with E-state index in [1.165, 1.54) is 24.3 Å². The van der Waals surface area contributed by atoms with Crippen LogP contribution in [0.4, 0.5) is 13.2 Å². The first-order chi connectivity index (χ1) is 8.16. The zero-order valence-electron chi connectivity index (χ0n) is 10.3. The van der Waals surface area contributed by atoms with Crippen LogP contribution in [-0.2, 0) is 11.3 Å². The molecule has 0 spiro atoms. The average molecular weight is 263 g/mol. The summed E-state index contributed by atoms with van der Waals surface area (Å²) in [4.78, 5) is 0. The van der Waals surface area contributed by atoms with Crippen LogP contribution in [-0.4, -0.2) is 18.5 Å². The first kappa shape index (κ1) is 14.8. The van der Waals surface area contributed by atoms with Crippen molar-refractivity contribution in [2.75, 3.05) is 6.61 Å². The van der Waals surface area contributed by atoms with Gasteiger partial charge in [-0.3, -0.25) is 0 Å². The lowest BCUT2D eigenvalue weighted by Crippen LogP contribution is -2.37. The summed E-state index contributed by atoms with van der Waals surface area (Å²) in [5, 5.41) is 0. The summed E-state index contributed by atoms with van der Waals surface area (Å²) in [7, 11) is 0. The Labute approximate surface area is 104 Å². The summed E-state index contributed by atoms with van der Waals surface area (Å²) in [6.45, 7) is 4.32. The van der Waals surface area contributed by atoms with Crippen LogP contribution in [0.2, 0.25) is 0 Å². The highest BCUT2D eigenvalue weighted by Gasteiger charge is 2.30. The topological polar surface area (TPSA) is 44.5 Å². The molecule has 0 aromatic heterocycles. The lowest BCUT2D eigenvalue weighted by atomic mass is 10.1. The molecule has 1 rings (SSSR count). The van der Waals surface area contributed by atoms with E-state index < -0.39 is 11.9 Å². The zero-order chi connectivity index (χ0) is 13.8. The van der Waals surface area contributed by atoms with Crippen LogP contribution in [0.3, 0.4) is 0 Å². The van der Waals surface area contributed by atoms with E-state index in [9.17, 15) is 13.2 Å². The quantitative estimate of drug-likeness (QED) is 0.888. The van der Waals surface area contributed by atoms with Gasteiger partial charge in [-0.2, -0.15) is 0 Å². The van der Waals surface area contributed by atoms with Gasteiger partial charge in [0.1, 0.15) is 5.75 Å². The molecule has 0 aliphatic carbocycles. The fraction of sp³-hybridized carbons (Fsp3) is 0.500. The Balaban J connectivity index is 2.46. The van der Waals surface area contributed by atoms with Crippen molar-refractivity contribution < 1.29 is 22.6 Å². The second-order valence-corrected chi connectivity index (χ2v) is 4.67. The van der Waals surface area contributed by atoms with Crippen molar-refractivity contribution >= 4 is 0 Å². The molecule has 0 atom stereocenters. The number of ether oxygens (including phenoxy) is 2. The highest BCUT2D eigenvalue weighted by atomic mass is 19.4. The molecule has 18 heavy (non-hydrogen) atoms. The van der Waals surface area contributed by atoms with E-state index in [1.807, 2.05) is 13.8 Å². The van der Waals surface area contributed by atoms with Crippen LogP contribution < -0.4 is 10.5 Å². The van der Waals surface area contributed by atoms with Crippen LogP contribution in [0.25, 0.3) is 0 Å². The van der Waals surface area contributed by atoms with Crippen molar-refractivity contribution in [1.29, 1.82) is 0 Å². The smallest absolute Gasteiger partial charge is 0.406 e. The number of nitrogens with two attached hydrogens (primary N) is 1. The van der Waals surface area contributed by atoms with Gasteiger partial charge < -0.3 is 15.2 Å². The minimum Gasteiger partial charge on any atom is -0.406 e. The molecule has 0 bridgehead atoms. The Kier molecular flexibility index (Phi) is 4.59. The second kappa shape index (κ2) is 5.58. The van der Waals surface area contributed by atoms with E-state index in [4.69, 9.17) is 10.5 Å². The maximum atomic E-state index is 11.9. The summed E-state index contributed by atoms with van der Waals surface area (Å²) in [5.41, 5.74) is 6.05. The number of benzene rings is 1. The van der Waals surface area contributed by atoms with E-state index in [1.54, 1.807) is 0 Å². The Hall–Kier alpha value is -1.27. The third-order valence-corrected chi connectivity index (χ3v) is 1.90. The number of hydrogen-bond donors (Lipinski definition) is 1. The Morgan fingerprint density at radius 3 is 2.11 bits per heavy atom. The summed E-state index contributed by atoms with van der Waals surface area (Å²) < 4.78 is 44.8. The van der Waals surface area contributed by atoms with Gasteiger partial charge in [0.05, 0.1) is 13.2 Å². The minimum atomic E-state index is -4.67. The molecule has 0 saturated carbocycles. The molecule has 0 heterocycles. The van der Waals surface area contributed by atoms with Crippen LogP contribution in [0.5, 0.6) is 5.75 Å². The van der Waals surface area contributed by atoms with Gasteiger partial charge in [-0.15, -0.1) is 13.2 Å². The van der Waals surface area contributed by atoms with Gasteiger partial charge in [0.25, 0.3) is 0 Å². The maximum Gasteiger partial charge on any atom is 0.573 e. The molecular formula is C12H16F3NO2. The molecule has 6 heteroatoms. The Bertz CT molecular complexity index is 368. The highest BCUT2D eigenvalue weighted by molar-refractivity contribution is 5.27. The van der Waals surface area contributed by atoms with Crippen molar-refractivity contribution in [1.82, 2.24) is 0 Å². The summed E-state index contributed by atoms with van der Waals surface area (Å²) in [6.07, 6.45) is -4.67. The van der Waals surface area contributed by atoms with Gasteiger partial charge in [0.2, 0.25) is 0 Å². The van der Waals surface area contributed by atoms with E-state index in [-0.39, 0.29) is 5.75 Å². The molecular weight excluding hydrogens is 247 g/mol. The number of hydrogen-bond acceptors (Lipinski definition) is 3. The van der Waals surface area contributed by atoms with Crippen molar-refractivity contribution in [3.8, 4) is 5.75 Å². The van der Waals surface area contributed by atoms with Gasteiger partial charge in [-0.05, 0) is 31.5 Å². The van der Waals surface area contributed by atoms with Gasteiger partial charge in [0, 0.05) is 5.54 Å². The lowest BCUT2D eigenvalue weighted by molar-refractivity contribution is -0.274. The van der Waals surface area contributed by atoms with Gasteiger partial charge >= 0.3 is 6.36 Å². The normalized spacial score (nSPS) is 12.6. The van der Waals surface area contributed by atoms with E-state index >= 15 is 0 Å². The molecule has 0 amide bonds. The number of alkyl halides is 3. The molecule has 0 unspecified atom stereocenters. The third-order valence-electron chi connectivity index (χ3n) is 1.90. The molecule has 0 fully saturated rings. The van der Waals surface area contributed by atoms with Crippen LogP contribution in [0, 0.1) is 0 Å². The molecule has 1 aromatic carbocycles. The molecule has 0 aliphatic heterocycles. The van der Waals surface area contributed by atoms with Crippen molar-refractivity contribution in [2.45, 2.75) is 32.4 Å². The Morgan fingerprint density at radius 1 is 1.11 bits per heavy atom. The first-order valence-corrected chi connectivity index (χ1v) is 5.37. The predicted octanol–water partition coefficient (Wildman–Crippen LogP) is 2.84. The fourth-order valence-electron chi connectivity index (χ4n) is 1.22. The van der Waals surface area contributed by atoms with Gasteiger partial charge in [-0.1, -0.05) is 12.1 Å². The zero-order valence-corrected chi connectivity index (χ0v) is 10.3. The lowest BCUT2D eigenvalue weighted by Gasteiger charge is -2.18. The second-order valence-electron chi connectivity index (χ2n) is 4.67. The van der Waals surface area contributed by atoms with E-state index in [0.29, 0.717) is 13.2 Å². The molecule has 0 aliphatic rings. The highest BCUT2D eigenvalue weighted by Crippen LogP contribution is 2.22.